The van der Waals surface area contributed by atoms with Gasteiger partial charge >= 0.3 is 5.37 Å². The lowest BCUT2D eigenvalue weighted by Gasteiger charge is -1.94. The first-order chi connectivity index (χ1) is 3.77. The van der Waals surface area contributed by atoms with Crippen LogP contribution in [0.3, 0.4) is 0 Å². The Morgan fingerprint density at radius 3 is 2.75 bits per heavy atom. The number of hydrogen-bond donors (Lipinski definition) is 1. The fourth-order valence-electron chi connectivity index (χ4n) is 0.363. The third-order valence-electron chi connectivity index (χ3n) is 0.794. The monoisotopic (exact) mass is 135 g/mol. The van der Waals surface area contributed by atoms with Crippen molar-refractivity contribution in [2.75, 3.05) is 6.54 Å². The van der Waals surface area contributed by atoms with E-state index in [1.165, 1.54) is 0 Å². The molecular weight excluding hydrogens is 126 g/mol. The van der Waals surface area contributed by atoms with Gasteiger partial charge in [0, 0.05) is 6.54 Å². The van der Waals surface area contributed by atoms with Gasteiger partial charge in [0.2, 0.25) is 0 Å². The van der Waals surface area contributed by atoms with Crippen LogP contribution in [0.2, 0.25) is 0 Å². The minimum atomic E-state index is -0.460. The lowest BCUT2D eigenvalue weighted by Crippen LogP contribution is -2.16. The summed E-state index contributed by atoms with van der Waals surface area (Å²) >= 11 is 4.96. The Balaban J connectivity index is 2.82. The molecule has 0 radical (unpaired) electrons. The third kappa shape index (κ3) is 5.76. The molecule has 0 aliphatic heterocycles. The number of rotatable bonds is 3. The maximum absolute atomic E-state index is 9.97. The highest BCUT2D eigenvalue weighted by atomic mass is 35.5. The normalized spacial score (nSPS) is 8.75. The standard InChI is InChI=1S/C5H10ClNO/c1-2-3-4-7-5(6)8/h2-4H2,1H3,(H,7,8). The van der Waals surface area contributed by atoms with Crippen LogP contribution in [0.15, 0.2) is 0 Å². The van der Waals surface area contributed by atoms with Crippen LogP contribution >= 0.6 is 11.6 Å². The van der Waals surface area contributed by atoms with Crippen molar-refractivity contribution in [1.29, 1.82) is 0 Å². The van der Waals surface area contributed by atoms with E-state index in [1.807, 2.05) is 0 Å². The molecule has 0 heterocycles. The number of nitrogens with one attached hydrogen (secondary N) is 1. The van der Waals surface area contributed by atoms with Gasteiger partial charge in [0.1, 0.15) is 0 Å². The molecule has 0 saturated heterocycles. The summed E-state index contributed by atoms with van der Waals surface area (Å²) in [6, 6.07) is 0. The van der Waals surface area contributed by atoms with E-state index in [0.717, 1.165) is 12.8 Å². The number of hydrogen-bond acceptors (Lipinski definition) is 1. The quantitative estimate of drug-likeness (QED) is 0.357. The topological polar surface area (TPSA) is 29.1 Å². The van der Waals surface area contributed by atoms with Crippen LogP contribution in [0.4, 0.5) is 4.79 Å². The van der Waals surface area contributed by atoms with E-state index in [-0.39, 0.29) is 0 Å². The molecule has 3 heteroatoms. The molecule has 0 bridgehead atoms. The Morgan fingerprint density at radius 2 is 2.38 bits per heavy atom. The molecule has 0 fully saturated rings. The second kappa shape index (κ2) is 4.91. The van der Waals surface area contributed by atoms with Crippen LogP contribution < -0.4 is 5.32 Å². The molecule has 0 unspecified atom stereocenters. The fourth-order valence-corrected chi connectivity index (χ4v) is 0.458. The third-order valence-corrected chi connectivity index (χ3v) is 0.928. The van der Waals surface area contributed by atoms with E-state index in [1.54, 1.807) is 0 Å². The highest BCUT2D eigenvalue weighted by molar-refractivity contribution is 6.62. The molecule has 0 saturated carbocycles. The van der Waals surface area contributed by atoms with Gasteiger partial charge in [-0.25, -0.2) is 0 Å². The molecule has 0 aromatic carbocycles. The highest BCUT2D eigenvalue weighted by Crippen LogP contribution is 1.83. The maximum atomic E-state index is 9.97. The maximum Gasteiger partial charge on any atom is 0.313 e. The lowest BCUT2D eigenvalue weighted by molar-refractivity contribution is 0.259. The minimum Gasteiger partial charge on any atom is -0.343 e. The van der Waals surface area contributed by atoms with Crippen molar-refractivity contribution >= 4 is 17.0 Å². The molecule has 0 atom stereocenters. The van der Waals surface area contributed by atoms with Gasteiger partial charge in [0.25, 0.3) is 0 Å². The Hall–Kier alpha value is -0.240. The first-order valence-electron chi connectivity index (χ1n) is 2.70. The summed E-state index contributed by atoms with van der Waals surface area (Å²) < 4.78 is 0. The molecule has 1 amide bonds. The summed E-state index contributed by atoms with van der Waals surface area (Å²) in [6.45, 7) is 2.75. The summed E-state index contributed by atoms with van der Waals surface area (Å²) in [6.07, 6.45) is 2.08. The minimum absolute atomic E-state index is 0.460. The summed E-state index contributed by atoms with van der Waals surface area (Å²) in [5.41, 5.74) is 0. The molecule has 0 aliphatic rings. The molecular formula is C5H10ClNO. The molecule has 8 heavy (non-hydrogen) atoms. The zero-order valence-electron chi connectivity index (χ0n) is 4.91. The van der Waals surface area contributed by atoms with Gasteiger partial charge in [-0.2, -0.15) is 0 Å². The van der Waals surface area contributed by atoms with Crippen molar-refractivity contribution < 1.29 is 4.79 Å². The van der Waals surface area contributed by atoms with Crippen molar-refractivity contribution in [3.63, 3.8) is 0 Å². The predicted molar refractivity (Wildman–Crippen MR) is 34.2 cm³/mol. The molecule has 48 valence electrons. The molecule has 1 N–H and O–H groups in total. The largest absolute Gasteiger partial charge is 0.343 e. The van der Waals surface area contributed by atoms with Crippen LogP contribution in [0.5, 0.6) is 0 Å². The van der Waals surface area contributed by atoms with Crippen LogP contribution in [0.25, 0.3) is 0 Å². The Bertz CT molecular complexity index is 74.8. The van der Waals surface area contributed by atoms with Crippen molar-refractivity contribution in [2.24, 2.45) is 0 Å². The van der Waals surface area contributed by atoms with Gasteiger partial charge in [-0.05, 0) is 18.0 Å². The van der Waals surface area contributed by atoms with E-state index in [0.29, 0.717) is 6.54 Å². The van der Waals surface area contributed by atoms with Gasteiger partial charge in [0.15, 0.2) is 0 Å². The van der Waals surface area contributed by atoms with Crippen molar-refractivity contribution in [3.8, 4) is 0 Å². The number of unbranched alkanes of at least 4 members (excludes halogenated alkanes) is 1. The van der Waals surface area contributed by atoms with Gasteiger partial charge in [0.05, 0.1) is 0 Å². The average molecular weight is 136 g/mol. The summed E-state index contributed by atoms with van der Waals surface area (Å²) in [5.74, 6) is 0. The first-order valence-corrected chi connectivity index (χ1v) is 3.08. The summed E-state index contributed by atoms with van der Waals surface area (Å²) in [5, 5.41) is 2.01. The Morgan fingerprint density at radius 1 is 1.75 bits per heavy atom. The zero-order chi connectivity index (χ0) is 6.41. The average Bonchev–Trinajstić information content (AvgIpc) is 1.66. The van der Waals surface area contributed by atoms with Crippen molar-refractivity contribution in [1.82, 2.24) is 5.32 Å². The van der Waals surface area contributed by atoms with Crippen LogP contribution in [-0.4, -0.2) is 11.9 Å². The number of halogens is 1. The van der Waals surface area contributed by atoms with E-state index in [9.17, 15) is 4.79 Å². The van der Waals surface area contributed by atoms with Gasteiger partial charge in [-0.15, -0.1) is 0 Å². The molecule has 0 aromatic heterocycles. The van der Waals surface area contributed by atoms with Gasteiger partial charge in [-0.3, -0.25) is 4.79 Å². The van der Waals surface area contributed by atoms with Crippen LogP contribution in [0, 0.1) is 0 Å². The molecule has 0 aliphatic carbocycles. The smallest absolute Gasteiger partial charge is 0.313 e. The van der Waals surface area contributed by atoms with Crippen LogP contribution in [-0.2, 0) is 0 Å². The molecule has 0 spiro atoms. The molecule has 0 rings (SSSR count). The second-order valence-electron chi connectivity index (χ2n) is 1.55. The van der Waals surface area contributed by atoms with Crippen LogP contribution in [0.1, 0.15) is 19.8 Å². The van der Waals surface area contributed by atoms with Crippen molar-refractivity contribution in [3.05, 3.63) is 0 Å². The number of amides is 1. The van der Waals surface area contributed by atoms with Crippen molar-refractivity contribution in [2.45, 2.75) is 19.8 Å². The summed E-state index contributed by atoms with van der Waals surface area (Å²) in [7, 11) is 0. The lowest BCUT2D eigenvalue weighted by atomic mass is 10.3. The molecule has 2 nitrogen and oxygen atoms in total. The predicted octanol–water partition coefficient (Wildman–Crippen LogP) is 1.73. The highest BCUT2D eigenvalue weighted by Gasteiger charge is 1.88. The molecule has 0 aromatic rings. The van der Waals surface area contributed by atoms with E-state index < -0.39 is 5.37 Å². The summed E-state index contributed by atoms with van der Waals surface area (Å²) in [4.78, 5) is 9.97. The van der Waals surface area contributed by atoms with E-state index in [2.05, 4.69) is 12.2 Å². The second-order valence-corrected chi connectivity index (χ2v) is 1.90. The SMILES string of the molecule is CCCCNC(=O)Cl. The first kappa shape index (κ1) is 7.76. The fraction of sp³-hybridized carbons (Fsp3) is 0.800. The number of carbonyl (C=O) groups is 1. The number of carbonyl (C=O) groups excluding carboxylic acids is 1. The Labute approximate surface area is 54.2 Å². The van der Waals surface area contributed by atoms with Gasteiger partial charge in [-0.1, -0.05) is 13.3 Å². The van der Waals surface area contributed by atoms with E-state index in [4.69, 9.17) is 11.6 Å². The zero-order valence-corrected chi connectivity index (χ0v) is 5.66. The Kier molecular flexibility index (Phi) is 4.76. The van der Waals surface area contributed by atoms with Gasteiger partial charge < -0.3 is 5.32 Å². The van der Waals surface area contributed by atoms with E-state index >= 15 is 0 Å².